The van der Waals surface area contributed by atoms with Crippen LogP contribution < -0.4 is 0 Å². The van der Waals surface area contributed by atoms with E-state index < -0.39 is 26.5 Å². The molecule has 23 heavy (non-hydrogen) atoms. The van der Waals surface area contributed by atoms with Crippen LogP contribution in [0.25, 0.3) is 0 Å². The van der Waals surface area contributed by atoms with E-state index in [1.807, 2.05) is 5.57 Å². The summed E-state index contributed by atoms with van der Waals surface area (Å²) >= 11 is -1.97. The third-order valence-corrected chi connectivity index (χ3v) is 22.7. The van der Waals surface area contributed by atoms with E-state index in [0.29, 0.717) is 0 Å². The molecule has 0 nitrogen and oxygen atoms in total. The molecule has 0 unspecified atom stereocenters. The molecule has 0 aromatic rings. The Bertz CT molecular complexity index is 316. The summed E-state index contributed by atoms with van der Waals surface area (Å²) in [6.07, 6.45) is 8.70. The van der Waals surface area contributed by atoms with Gasteiger partial charge in [-0.05, 0) is 0 Å². The average Bonchev–Trinajstić information content (AvgIpc) is 2.46. The Balaban J connectivity index is 5.23. The van der Waals surface area contributed by atoms with Gasteiger partial charge in [0.2, 0.25) is 0 Å². The van der Waals surface area contributed by atoms with Gasteiger partial charge in [-0.25, -0.2) is 0 Å². The van der Waals surface area contributed by atoms with E-state index in [1.54, 1.807) is 23.3 Å². The molecule has 0 aliphatic carbocycles. The predicted octanol–water partition coefficient (Wildman–Crippen LogP) is 8.51. The second-order valence-electron chi connectivity index (χ2n) is 9.29. The second-order valence-corrected chi connectivity index (χ2v) is 28.6. The van der Waals surface area contributed by atoms with Gasteiger partial charge in [-0.2, -0.15) is 0 Å². The topological polar surface area (TPSA) is 0 Å². The molecule has 0 N–H and O–H groups in total. The summed E-state index contributed by atoms with van der Waals surface area (Å²) in [5.74, 6) is 0. The Labute approximate surface area is 153 Å². The molecule has 0 aromatic heterocycles. The zero-order valence-electron chi connectivity index (χ0n) is 17.8. The zero-order valence-corrected chi connectivity index (χ0v) is 21.6. The zero-order chi connectivity index (χ0) is 17.9. The van der Waals surface area contributed by atoms with Gasteiger partial charge in [-0.1, -0.05) is 0 Å². The minimum absolute atomic E-state index is 0.969. The van der Waals surface area contributed by atoms with Gasteiger partial charge in [-0.3, -0.25) is 0 Å². The number of unbranched alkanes of at least 4 members (excludes halogenated alkanes) is 3. The first kappa shape index (κ1) is 23.8. The third kappa shape index (κ3) is 11.1. The van der Waals surface area contributed by atoms with E-state index in [2.05, 4.69) is 54.3 Å². The van der Waals surface area contributed by atoms with Crippen LogP contribution in [-0.4, -0.2) is 26.5 Å². The van der Waals surface area contributed by atoms with Crippen molar-refractivity contribution >= 4 is 26.5 Å². The summed E-state index contributed by atoms with van der Waals surface area (Å²) in [4.78, 5) is 0. The molecule has 0 fully saturated rings. The van der Waals surface area contributed by atoms with Crippen molar-refractivity contribution in [2.75, 3.05) is 0 Å². The summed E-state index contributed by atoms with van der Waals surface area (Å²) in [6, 6.07) is 1.41. The maximum absolute atomic E-state index is 2.52. The normalized spacial score (nSPS) is 14.1. The fraction of sp³-hybridized carbons (Fsp3) is 0.905. The first-order valence-corrected chi connectivity index (χ1v) is 22.1. The Morgan fingerprint density at radius 1 is 0.696 bits per heavy atom. The van der Waals surface area contributed by atoms with Crippen molar-refractivity contribution in [3.05, 3.63) is 11.1 Å². The van der Waals surface area contributed by atoms with E-state index in [4.69, 9.17) is 0 Å². The summed E-state index contributed by atoms with van der Waals surface area (Å²) in [5.41, 5.74) is 3.57. The molecular formula is C21H46SiSn. The van der Waals surface area contributed by atoms with Crippen molar-refractivity contribution in [3.63, 3.8) is 0 Å². The van der Waals surface area contributed by atoms with Crippen molar-refractivity contribution in [2.45, 2.75) is 117 Å². The molecule has 0 aliphatic rings. The first-order valence-electron chi connectivity index (χ1n) is 10.3. The molecule has 0 bridgehead atoms. The fourth-order valence-electron chi connectivity index (χ4n) is 3.96. The summed E-state index contributed by atoms with van der Waals surface area (Å²) < 4.78 is 6.54. The molecule has 0 aliphatic heterocycles. The van der Waals surface area contributed by atoms with Gasteiger partial charge >= 0.3 is 154 Å². The van der Waals surface area contributed by atoms with E-state index in [0.717, 1.165) is 0 Å². The van der Waals surface area contributed by atoms with E-state index in [9.17, 15) is 0 Å². The number of hydrogen-bond acceptors (Lipinski definition) is 0. The van der Waals surface area contributed by atoms with Crippen LogP contribution in [0.2, 0.25) is 43.4 Å². The molecular weight excluding hydrogens is 399 g/mol. The van der Waals surface area contributed by atoms with Gasteiger partial charge in [0.25, 0.3) is 0 Å². The molecule has 0 amide bonds. The number of allylic oxidation sites excluding steroid dienone is 2. The molecule has 0 saturated heterocycles. The van der Waals surface area contributed by atoms with Crippen LogP contribution in [0.1, 0.15) is 73.1 Å². The minimum atomic E-state index is -1.97. The summed E-state index contributed by atoms with van der Waals surface area (Å²) in [6.45, 7) is 19.7. The molecule has 0 aromatic carbocycles. The SMILES string of the molecule is CCC[CH2][Sn]([CH2]CCC)([CH2]CCC)[CH2]/C(C)=C(\C)C[Si](C)(C)C. The van der Waals surface area contributed by atoms with E-state index in [1.165, 1.54) is 44.6 Å². The fourth-order valence-corrected chi connectivity index (χ4v) is 23.0. The van der Waals surface area contributed by atoms with E-state index in [-0.39, 0.29) is 0 Å². The molecule has 0 saturated carbocycles. The Morgan fingerprint density at radius 2 is 1.09 bits per heavy atom. The van der Waals surface area contributed by atoms with Crippen LogP contribution in [0.3, 0.4) is 0 Å². The molecule has 0 heterocycles. The Kier molecular flexibility index (Phi) is 12.6. The van der Waals surface area contributed by atoms with E-state index >= 15 is 0 Å². The summed E-state index contributed by atoms with van der Waals surface area (Å²) in [5, 5.41) is 0. The van der Waals surface area contributed by atoms with Crippen molar-refractivity contribution in [2.24, 2.45) is 0 Å². The molecule has 0 spiro atoms. The molecule has 0 radical (unpaired) electrons. The quantitative estimate of drug-likeness (QED) is 0.197. The van der Waals surface area contributed by atoms with Gasteiger partial charge in [0, 0.05) is 0 Å². The van der Waals surface area contributed by atoms with Gasteiger partial charge in [0.1, 0.15) is 0 Å². The standard InChI is InChI=1S/C9H19Si.3C4H9.Sn/c1-8(2)9(3)7-10(4,5)6;3*1-3-4-2;/h1,7H2,2-6H3;3*1,3-4H2,2H3;/b9-8-;;;;. The van der Waals surface area contributed by atoms with Gasteiger partial charge in [0.05, 0.1) is 0 Å². The van der Waals surface area contributed by atoms with Crippen molar-refractivity contribution < 1.29 is 0 Å². The van der Waals surface area contributed by atoms with Crippen LogP contribution in [-0.2, 0) is 0 Å². The monoisotopic (exact) mass is 446 g/mol. The van der Waals surface area contributed by atoms with Crippen molar-refractivity contribution in [1.82, 2.24) is 0 Å². The van der Waals surface area contributed by atoms with Crippen LogP contribution in [0.5, 0.6) is 0 Å². The van der Waals surface area contributed by atoms with Crippen LogP contribution in [0.4, 0.5) is 0 Å². The number of rotatable bonds is 13. The number of hydrogen-bond donors (Lipinski definition) is 0. The predicted molar refractivity (Wildman–Crippen MR) is 116 cm³/mol. The third-order valence-electron chi connectivity index (χ3n) is 5.35. The van der Waals surface area contributed by atoms with Gasteiger partial charge in [0.15, 0.2) is 0 Å². The summed E-state index contributed by atoms with van der Waals surface area (Å²) in [7, 11) is -0.969. The van der Waals surface area contributed by atoms with Crippen LogP contribution in [0.15, 0.2) is 11.1 Å². The molecule has 138 valence electrons. The van der Waals surface area contributed by atoms with Crippen molar-refractivity contribution in [3.8, 4) is 0 Å². The molecule has 0 atom stereocenters. The van der Waals surface area contributed by atoms with Crippen LogP contribution in [0, 0.1) is 0 Å². The maximum atomic E-state index is 2.52. The Hall–Kier alpha value is 0.756. The molecule has 2 heteroatoms. The molecule has 0 rings (SSSR count). The van der Waals surface area contributed by atoms with Crippen molar-refractivity contribution in [1.29, 1.82) is 0 Å². The van der Waals surface area contributed by atoms with Crippen LogP contribution >= 0.6 is 0 Å². The second kappa shape index (κ2) is 12.2. The van der Waals surface area contributed by atoms with Gasteiger partial charge < -0.3 is 0 Å². The average molecular weight is 445 g/mol. The first-order chi connectivity index (χ1) is 10.7. The Morgan fingerprint density at radius 3 is 1.39 bits per heavy atom. The van der Waals surface area contributed by atoms with Gasteiger partial charge in [-0.15, -0.1) is 0 Å².